The third-order valence-corrected chi connectivity index (χ3v) is 2.70. The van der Waals surface area contributed by atoms with Crippen molar-refractivity contribution in [2.45, 2.75) is 26.2 Å². The van der Waals surface area contributed by atoms with Gasteiger partial charge in [0.2, 0.25) is 0 Å². The number of nitrogens with zero attached hydrogens (tertiary/aromatic N) is 2. The molecule has 1 aliphatic rings. The largest absolute Gasteiger partial charge is 0.379 e. The molecule has 0 saturated heterocycles. The van der Waals surface area contributed by atoms with Crippen molar-refractivity contribution in [2.24, 2.45) is 10.9 Å². The number of ether oxygens (including phenoxy) is 1. The summed E-state index contributed by atoms with van der Waals surface area (Å²) in [6.45, 7) is 4.19. The summed E-state index contributed by atoms with van der Waals surface area (Å²) in [6, 6.07) is 0. The van der Waals surface area contributed by atoms with E-state index in [4.69, 9.17) is 4.74 Å². The monoisotopic (exact) mass is 391 g/mol. The maximum Gasteiger partial charge on any atom is 0.257 e. The second-order valence-corrected chi connectivity index (χ2v) is 4.53. The van der Waals surface area contributed by atoms with Crippen LogP contribution < -0.4 is 5.32 Å². The number of halogens is 3. The second kappa shape index (κ2) is 10.6. The van der Waals surface area contributed by atoms with Crippen molar-refractivity contribution < 1.29 is 13.5 Å². The molecule has 0 aromatic rings. The molecule has 1 rings (SSSR count). The summed E-state index contributed by atoms with van der Waals surface area (Å²) >= 11 is 0. The first-order valence-electron chi connectivity index (χ1n) is 6.48. The van der Waals surface area contributed by atoms with Crippen LogP contribution in [0, 0.1) is 5.92 Å². The van der Waals surface area contributed by atoms with Crippen molar-refractivity contribution in [3.05, 3.63) is 0 Å². The van der Waals surface area contributed by atoms with Gasteiger partial charge in [0.05, 0.1) is 6.61 Å². The molecule has 1 aliphatic carbocycles. The average Bonchev–Trinajstić information content (AvgIpc) is 3.13. The smallest absolute Gasteiger partial charge is 0.257 e. The molecule has 0 aromatic heterocycles. The molecule has 1 saturated carbocycles. The lowest BCUT2D eigenvalue weighted by molar-refractivity contribution is 0.115. The predicted octanol–water partition coefficient (Wildman–Crippen LogP) is 2.19. The van der Waals surface area contributed by atoms with Gasteiger partial charge in [-0.05, 0) is 25.7 Å². The summed E-state index contributed by atoms with van der Waals surface area (Å²) < 4.78 is 29.8. The van der Waals surface area contributed by atoms with Gasteiger partial charge in [0.25, 0.3) is 6.43 Å². The van der Waals surface area contributed by atoms with Crippen LogP contribution in [-0.2, 0) is 4.74 Å². The van der Waals surface area contributed by atoms with Gasteiger partial charge in [0.15, 0.2) is 5.96 Å². The van der Waals surface area contributed by atoms with Gasteiger partial charge in [0, 0.05) is 26.7 Å². The number of likely N-dealkylation sites (N-methyl/N-ethyl adjacent to an activating group) is 1. The maximum absolute atomic E-state index is 12.1. The zero-order valence-corrected chi connectivity index (χ0v) is 13.9. The van der Waals surface area contributed by atoms with Gasteiger partial charge >= 0.3 is 0 Å². The van der Waals surface area contributed by atoms with Crippen LogP contribution in [-0.4, -0.2) is 57.2 Å². The molecule has 19 heavy (non-hydrogen) atoms. The topological polar surface area (TPSA) is 36.9 Å². The zero-order chi connectivity index (χ0) is 13.4. The lowest BCUT2D eigenvalue weighted by Crippen LogP contribution is -2.41. The molecule has 4 nitrogen and oxygen atoms in total. The Morgan fingerprint density at radius 1 is 1.47 bits per heavy atom. The molecule has 7 heteroatoms. The SMILES string of the molecule is CCNC(=NCC(F)F)N(C)CCOCC1CC1.I. The normalized spacial score (nSPS) is 15.3. The minimum Gasteiger partial charge on any atom is -0.379 e. The van der Waals surface area contributed by atoms with Crippen LogP contribution in [0.15, 0.2) is 4.99 Å². The minimum atomic E-state index is -2.40. The van der Waals surface area contributed by atoms with E-state index in [9.17, 15) is 8.78 Å². The number of guanidine groups is 1. The molecule has 0 amide bonds. The number of rotatable bonds is 8. The fraction of sp³-hybridized carbons (Fsp3) is 0.917. The lowest BCUT2D eigenvalue weighted by Gasteiger charge is -2.21. The van der Waals surface area contributed by atoms with Crippen molar-refractivity contribution in [3.63, 3.8) is 0 Å². The van der Waals surface area contributed by atoms with E-state index in [1.165, 1.54) is 12.8 Å². The Morgan fingerprint density at radius 2 is 2.16 bits per heavy atom. The van der Waals surface area contributed by atoms with Gasteiger partial charge in [-0.1, -0.05) is 0 Å². The fourth-order valence-corrected chi connectivity index (χ4v) is 1.47. The lowest BCUT2D eigenvalue weighted by atomic mass is 10.5. The second-order valence-electron chi connectivity index (χ2n) is 4.53. The molecular weight excluding hydrogens is 367 g/mol. The third-order valence-electron chi connectivity index (χ3n) is 2.70. The summed E-state index contributed by atoms with van der Waals surface area (Å²) in [5, 5.41) is 2.99. The average molecular weight is 391 g/mol. The van der Waals surface area contributed by atoms with E-state index in [2.05, 4.69) is 10.3 Å². The van der Waals surface area contributed by atoms with Crippen LogP contribution in [0.3, 0.4) is 0 Å². The molecule has 0 unspecified atom stereocenters. The first kappa shape index (κ1) is 18.8. The summed E-state index contributed by atoms with van der Waals surface area (Å²) in [5.74, 6) is 1.25. The highest BCUT2D eigenvalue weighted by molar-refractivity contribution is 14.0. The summed E-state index contributed by atoms with van der Waals surface area (Å²) in [7, 11) is 1.83. The highest BCUT2D eigenvalue weighted by Gasteiger charge is 2.21. The van der Waals surface area contributed by atoms with Gasteiger partial charge in [-0.2, -0.15) is 0 Å². The summed E-state index contributed by atoms with van der Waals surface area (Å²) in [6.07, 6.45) is 0.140. The first-order chi connectivity index (χ1) is 8.63. The van der Waals surface area contributed by atoms with Crippen LogP contribution in [0.25, 0.3) is 0 Å². The number of hydrogen-bond acceptors (Lipinski definition) is 2. The van der Waals surface area contributed by atoms with Gasteiger partial charge < -0.3 is 15.0 Å². The number of aliphatic imine (C=N–C) groups is 1. The van der Waals surface area contributed by atoms with Crippen LogP contribution in [0.4, 0.5) is 8.78 Å². The van der Waals surface area contributed by atoms with Crippen LogP contribution in [0.1, 0.15) is 19.8 Å². The molecule has 114 valence electrons. The third kappa shape index (κ3) is 9.37. The molecule has 0 heterocycles. The Bertz CT molecular complexity index is 263. The molecular formula is C12H24F2IN3O. The molecule has 1 N–H and O–H groups in total. The predicted molar refractivity (Wildman–Crippen MR) is 83.6 cm³/mol. The Kier molecular flexibility index (Phi) is 10.5. The van der Waals surface area contributed by atoms with Crippen LogP contribution in [0.5, 0.6) is 0 Å². The molecule has 0 bridgehead atoms. The molecule has 0 spiro atoms. The molecule has 0 radical (unpaired) electrons. The highest BCUT2D eigenvalue weighted by atomic mass is 127. The van der Waals surface area contributed by atoms with Crippen LogP contribution >= 0.6 is 24.0 Å². The minimum absolute atomic E-state index is 0. The van der Waals surface area contributed by atoms with E-state index >= 15 is 0 Å². The van der Waals surface area contributed by atoms with Crippen molar-refractivity contribution >= 4 is 29.9 Å². The molecule has 0 aromatic carbocycles. The number of alkyl halides is 2. The first-order valence-corrected chi connectivity index (χ1v) is 6.48. The van der Waals surface area contributed by atoms with Crippen molar-refractivity contribution in [2.75, 3.05) is 39.9 Å². The van der Waals surface area contributed by atoms with Gasteiger partial charge in [-0.3, -0.25) is 0 Å². The quantitative estimate of drug-likeness (QED) is 0.298. The molecule has 0 aliphatic heterocycles. The Labute approximate surface area is 131 Å². The van der Waals surface area contributed by atoms with Crippen molar-refractivity contribution in [1.82, 2.24) is 10.2 Å². The number of hydrogen-bond donors (Lipinski definition) is 1. The Morgan fingerprint density at radius 3 is 2.68 bits per heavy atom. The standard InChI is InChI=1S/C12H23F2N3O.HI/c1-3-15-12(16-8-11(13)14)17(2)6-7-18-9-10-4-5-10;/h10-11H,3-9H2,1-2H3,(H,15,16);1H. The maximum atomic E-state index is 12.1. The van der Waals surface area contributed by atoms with E-state index in [1.54, 1.807) is 0 Å². The van der Waals surface area contributed by atoms with E-state index in [0.29, 0.717) is 25.7 Å². The summed E-state index contributed by atoms with van der Waals surface area (Å²) in [5.41, 5.74) is 0. The molecule has 0 atom stereocenters. The van der Waals surface area contributed by atoms with Crippen molar-refractivity contribution in [3.8, 4) is 0 Å². The fourth-order valence-electron chi connectivity index (χ4n) is 1.47. The van der Waals surface area contributed by atoms with Gasteiger partial charge in [-0.25, -0.2) is 13.8 Å². The van der Waals surface area contributed by atoms with E-state index in [0.717, 1.165) is 12.5 Å². The Balaban J connectivity index is 0.00000324. The van der Waals surface area contributed by atoms with Crippen molar-refractivity contribution in [1.29, 1.82) is 0 Å². The zero-order valence-electron chi connectivity index (χ0n) is 11.6. The van der Waals surface area contributed by atoms with E-state index in [1.807, 2.05) is 18.9 Å². The van der Waals surface area contributed by atoms with Gasteiger partial charge in [-0.15, -0.1) is 24.0 Å². The molecule has 1 fully saturated rings. The Hall–Kier alpha value is -0.180. The van der Waals surface area contributed by atoms with E-state index < -0.39 is 13.0 Å². The van der Waals surface area contributed by atoms with Crippen LogP contribution in [0.2, 0.25) is 0 Å². The van der Waals surface area contributed by atoms with E-state index in [-0.39, 0.29) is 24.0 Å². The highest BCUT2D eigenvalue weighted by Crippen LogP contribution is 2.28. The number of nitrogens with one attached hydrogen (secondary N) is 1. The van der Waals surface area contributed by atoms with Gasteiger partial charge in [0.1, 0.15) is 6.54 Å². The summed E-state index contributed by atoms with van der Waals surface area (Å²) in [4.78, 5) is 5.68.